The number of benzene rings is 1. The van der Waals surface area contributed by atoms with Gasteiger partial charge in [0.15, 0.2) is 17.3 Å². The van der Waals surface area contributed by atoms with Crippen LogP contribution in [-0.4, -0.2) is 43.8 Å². The van der Waals surface area contributed by atoms with Crippen molar-refractivity contribution >= 4 is 11.8 Å². The van der Waals surface area contributed by atoms with Crippen molar-refractivity contribution in [3.05, 3.63) is 46.3 Å². The fraction of sp³-hybridized carbons (Fsp3) is 0.455. The molecule has 0 saturated carbocycles. The van der Waals surface area contributed by atoms with E-state index in [1.54, 1.807) is 12.1 Å². The Hall–Kier alpha value is -2.80. The van der Waals surface area contributed by atoms with Crippen LogP contribution in [0, 0.1) is 0 Å². The Labute approximate surface area is 170 Å². The van der Waals surface area contributed by atoms with Crippen molar-refractivity contribution in [1.29, 1.82) is 0 Å². The molecular formula is C22H27NO6. The van der Waals surface area contributed by atoms with Crippen LogP contribution >= 0.6 is 0 Å². The first-order valence-electron chi connectivity index (χ1n) is 9.83. The van der Waals surface area contributed by atoms with E-state index < -0.39 is 11.9 Å². The highest BCUT2D eigenvalue weighted by Gasteiger charge is 2.39. The van der Waals surface area contributed by atoms with Crippen molar-refractivity contribution in [2.75, 3.05) is 26.9 Å². The number of aromatic hydroxyl groups is 1. The second-order valence-corrected chi connectivity index (χ2v) is 7.03. The summed E-state index contributed by atoms with van der Waals surface area (Å²) in [7, 11) is 1.46. The average Bonchev–Trinajstić information content (AvgIpc) is 2.70. The molecule has 1 aromatic carbocycles. The number of Topliss-reactive ketones (excluding diaryl/α,β-unsaturated/α-hetero) is 1. The third-order valence-corrected chi connectivity index (χ3v) is 5.20. The van der Waals surface area contributed by atoms with E-state index in [1.165, 1.54) is 13.2 Å². The van der Waals surface area contributed by atoms with Gasteiger partial charge < -0.3 is 24.6 Å². The molecule has 0 unspecified atom stereocenters. The summed E-state index contributed by atoms with van der Waals surface area (Å²) in [5.74, 6) is -0.767. The number of ketones is 1. The van der Waals surface area contributed by atoms with E-state index in [-0.39, 0.29) is 23.9 Å². The standard InChI is InChI=1S/C22H27NO6/c1-4-28-10-11-29-22(26)19-13(2)23-15-6-5-7-17(25)21(15)20(19)14-8-9-16(24)18(12-14)27-3/h8-9,12,20,23-24H,4-7,10-11H2,1-3H3/t20-/m1/s1. The van der Waals surface area contributed by atoms with Gasteiger partial charge in [-0.2, -0.15) is 0 Å². The quantitative estimate of drug-likeness (QED) is 0.536. The van der Waals surface area contributed by atoms with Crippen molar-refractivity contribution in [3.8, 4) is 11.5 Å². The molecular weight excluding hydrogens is 374 g/mol. The van der Waals surface area contributed by atoms with Crippen LogP contribution in [0.1, 0.15) is 44.6 Å². The zero-order chi connectivity index (χ0) is 21.0. The number of allylic oxidation sites excluding steroid dienone is 3. The molecule has 0 aromatic heterocycles. The van der Waals surface area contributed by atoms with Crippen LogP contribution in [0.15, 0.2) is 40.7 Å². The van der Waals surface area contributed by atoms with Gasteiger partial charge in [0, 0.05) is 35.9 Å². The smallest absolute Gasteiger partial charge is 0.336 e. The Balaban J connectivity index is 2.03. The Bertz CT molecular complexity index is 870. The Morgan fingerprint density at radius 1 is 1.28 bits per heavy atom. The van der Waals surface area contributed by atoms with E-state index in [0.717, 1.165) is 18.5 Å². The number of phenolic OH excluding ortho intramolecular Hbond substituents is 1. The molecule has 2 N–H and O–H groups in total. The highest BCUT2D eigenvalue weighted by Crippen LogP contribution is 2.44. The zero-order valence-electron chi connectivity index (χ0n) is 17.0. The number of methoxy groups -OCH3 is 1. The number of dihydropyridines is 1. The van der Waals surface area contributed by atoms with Crippen LogP contribution in [-0.2, 0) is 19.1 Å². The van der Waals surface area contributed by atoms with Crippen molar-refractivity contribution in [3.63, 3.8) is 0 Å². The minimum atomic E-state index is -0.576. The van der Waals surface area contributed by atoms with E-state index in [1.807, 2.05) is 13.8 Å². The van der Waals surface area contributed by atoms with Gasteiger partial charge in [-0.15, -0.1) is 0 Å². The number of rotatable bonds is 7. The van der Waals surface area contributed by atoms with Crippen LogP contribution in [0.4, 0.5) is 0 Å². The largest absolute Gasteiger partial charge is 0.504 e. The molecule has 156 valence electrons. The molecule has 3 rings (SSSR count). The minimum absolute atomic E-state index is 0.00380. The van der Waals surface area contributed by atoms with E-state index in [2.05, 4.69) is 5.32 Å². The van der Waals surface area contributed by atoms with Crippen LogP contribution in [0.2, 0.25) is 0 Å². The lowest BCUT2D eigenvalue weighted by molar-refractivity contribution is -0.140. The molecule has 0 spiro atoms. The first-order chi connectivity index (χ1) is 14.0. The first-order valence-corrected chi connectivity index (χ1v) is 9.83. The third-order valence-electron chi connectivity index (χ3n) is 5.20. The monoisotopic (exact) mass is 401 g/mol. The maximum atomic E-state index is 13.0. The molecule has 7 nitrogen and oxygen atoms in total. The lowest BCUT2D eigenvalue weighted by Crippen LogP contribution is -2.34. The summed E-state index contributed by atoms with van der Waals surface area (Å²) in [6, 6.07) is 4.89. The van der Waals surface area contributed by atoms with E-state index in [4.69, 9.17) is 14.2 Å². The fourth-order valence-electron chi connectivity index (χ4n) is 3.88. The molecule has 0 amide bonds. The summed E-state index contributed by atoms with van der Waals surface area (Å²) >= 11 is 0. The Kier molecular flexibility index (Phi) is 6.59. The number of esters is 1. The summed E-state index contributed by atoms with van der Waals surface area (Å²) in [6.07, 6.45) is 1.96. The molecule has 0 fully saturated rings. The summed E-state index contributed by atoms with van der Waals surface area (Å²) in [5, 5.41) is 13.2. The molecule has 0 radical (unpaired) electrons. The maximum Gasteiger partial charge on any atom is 0.336 e. The maximum absolute atomic E-state index is 13.0. The SMILES string of the molecule is CCOCCOC(=O)C1=C(C)NC2=C(C(=O)CCC2)[C@@H]1c1ccc(O)c(OC)c1. The molecule has 1 heterocycles. The van der Waals surface area contributed by atoms with Gasteiger partial charge in [-0.25, -0.2) is 4.79 Å². The Morgan fingerprint density at radius 2 is 2.07 bits per heavy atom. The van der Waals surface area contributed by atoms with Gasteiger partial charge in [0.05, 0.1) is 19.3 Å². The average molecular weight is 401 g/mol. The Morgan fingerprint density at radius 3 is 2.79 bits per heavy atom. The second-order valence-electron chi connectivity index (χ2n) is 7.03. The number of phenols is 1. The van der Waals surface area contributed by atoms with Gasteiger partial charge in [-0.05, 0) is 44.4 Å². The molecule has 1 aliphatic heterocycles. The number of carbonyl (C=O) groups excluding carboxylic acids is 2. The molecule has 29 heavy (non-hydrogen) atoms. The normalized spacial score (nSPS) is 19.0. The predicted octanol–water partition coefficient (Wildman–Crippen LogP) is 2.95. The van der Waals surface area contributed by atoms with Crippen LogP contribution < -0.4 is 10.1 Å². The van der Waals surface area contributed by atoms with Gasteiger partial charge in [0.2, 0.25) is 0 Å². The number of nitrogens with one attached hydrogen (secondary N) is 1. The van der Waals surface area contributed by atoms with Crippen LogP contribution in [0.25, 0.3) is 0 Å². The number of ether oxygens (including phenoxy) is 3. The van der Waals surface area contributed by atoms with E-state index in [0.29, 0.717) is 42.0 Å². The highest BCUT2D eigenvalue weighted by molar-refractivity contribution is 6.03. The van der Waals surface area contributed by atoms with Gasteiger partial charge in [0.1, 0.15) is 6.61 Å². The molecule has 7 heteroatoms. The van der Waals surface area contributed by atoms with Gasteiger partial charge in [-0.3, -0.25) is 4.79 Å². The van der Waals surface area contributed by atoms with Gasteiger partial charge >= 0.3 is 5.97 Å². The minimum Gasteiger partial charge on any atom is -0.504 e. The van der Waals surface area contributed by atoms with Crippen LogP contribution in [0.3, 0.4) is 0 Å². The summed E-state index contributed by atoms with van der Waals surface area (Å²) in [5.41, 5.74) is 3.19. The van der Waals surface area contributed by atoms with Crippen LogP contribution in [0.5, 0.6) is 11.5 Å². The van der Waals surface area contributed by atoms with Crippen molar-refractivity contribution in [2.45, 2.75) is 39.0 Å². The lowest BCUT2D eigenvalue weighted by Gasteiger charge is -2.34. The molecule has 1 atom stereocenters. The number of carbonyl (C=O) groups is 2. The van der Waals surface area contributed by atoms with Gasteiger partial charge in [-0.1, -0.05) is 6.07 Å². The van der Waals surface area contributed by atoms with Gasteiger partial charge in [0.25, 0.3) is 0 Å². The number of hydrogen-bond donors (Lipinski definition) is 2. The van der Waals surface area contributed by atoms with Crippen molar-refractivity contribution in [1.82, 2.24) is 5.32 Å². The molecule has 0 bridgehead atoms. The molecule has 2 aliphatic rings. The zero-order valence-corrected chi connectivity index (χ0v) is 17.0. The highest BCUT2D eigenvalue weighted by atomic mass is 16.6. The summed E-state index contributed by atoms with van der Waals surface area (Å²) < 4.78 is 15.9. The lowest BCUT2D eigenvalue weighted by atomic mass is 9.75. The fourth-order valence-corrected chi connectivity index (χ4v) is 3.88. The topological polar surface area (TPSA) is 94.1 Å². The second kappa shape index (κ2) is 9.13. The summed E-state index contributed by atoms with van der Waals surface area (Å²) in [4.78, 5) is 25.8. The molecule has 1 aliphatic carbocycles. The van der Waals surface area contributed by atoms with Crippen molar-refractivity contribution in [2.24, 2.45) is 0 Å². The van der Waals surface area contributed by atoms with E-state index in [9.17, 15) is 14.7 Å². The third kappa shape index (κ3) is 4.29. The number of hydrogen-bond acceptors (Lipinski definition) is 7. The predicted molar refractivity (Wildman–Crippen MR) is 107 cm³/mol. The summed E-state index contributed by atoms with van der Waals surface area (Å²) in [6.45, 7) is 4.67. The van der Waals surface area contributed by atoms with E-state index >= 15 is 0 Å². The molecule has 0 saturated heterocycles. The van der Waals surface area contributed by atoms with Crippen molar-refractivity contribution < 1.29 is 28.9 Å². The first kappa shape index (κ1) is 20.9. The molecule has 1 aromatic rings.